The van der Waals surface area contributed by atoms with Crippen molar-refractivity contribution in [3.63, 3.8) is 0 Å². The molecule has 1 amide bonds. The number of amides is 1. The molecule has 1 aromatic heterocycles. The van der Waals surface area contributed by atoms with Crippen molar-refractivity contribution in [2.24, 2.45) is 0 Å². The van der Waals surface area contributed by atoms with Gasteiger partial charge in [-0.25, -0.2) is 14.4 Å². The van der Waals surface area contributed by atoms with Gasteiger partial charge in [-0.1, -0.05) is 0 Å². The molecule has 0 saturated heterocycles. The van der Waals surface area contributed by atoms with Crippen LogP contribution in [0, 0.1) is 5.82 Å². The highest BCUT2D eigenvalue weighted by atomic mass is 19.1. The number of rotatable bonds is 3. The van der Waals surface area contributed by atoms with Crippen molar-refractivity contribution >= 4 is 5.91 Å². The van der Waals surface area contributed by atoms with E-state index in [0.717, 1.165) is 11.3 Å². The third kappa shape index (κ3) is 2.59. The van der Waals surface area contributed by atoms with E-state index in [2.05, 4.69) is 9.97 Å². The average Bonchev–Trinajstić information content (AvgIpc) is 2.90. The van der Waals surface area contributed by atoms with Crippen molar-refractivity contribution in [1.29, 1.82) is 0 Å². The summed E-state index contributed by atoms with van der Waals surface area (Å²) in [5.74, 6) is 0.000760. The van der Waals surface area contributed by atoms with Gasteiger partial charge in [0.25, 0.3) is 5.91 Å². The maximum absolute atomic E-state index is 12.7. The van der Waals surface area contributed by atoms with Crippen LogP contribution in [0.3, 0.4) is 0 Å². The van der Waals surface area contributed by atoms with Gasteiger partial charge in [0, 0.05) is 18.3 Å². The zero-order valence-electron chi connectivity index (χ0n) is 10.6. The number of nitrogens with zero attached hydrogens (tertiary/aromatic N) is 3. The molecule has 2 heterocycles. The summed E-state index contributed by atoms with van der Waals surface area (Å²) in [5.41, 5.74) is 1.83. The minimum absolute atomic E-state index is 0.0763. The predicted octanol–water partition coefficient (Wildman–Crippen LogP) is 1.54. The SMILES string of the molecule is O=C(COc1ccc(F)cc1)N1Cc2cncnc2C1. The van der Waals surface area contributed by atoms with Crippen LogP contribution in [0.2, 0.25) is 0 Å². The van der Waals surface area contributed by atoms with Gasteiger partial charge in [-0.15, -0.1) is 0 Å². The monoisotopic (exact) mass is 273 g/mol. The number of ether oxygens (including phenoxy) is 1. The number of halogens is 1. The second-order valence-electron chi connectivity index (χ2n) is 4.49. The van der Waals surface area contributed by atoms with Gasteiger partial charge in [-0.05, 0) is 24.3 Å². The van der Waals surface area contributed by atoms with Crippen molar-refractivity contribution in [2.45, 2.75) is 13.1 Å². The van der Waals surface area contributed by atoms with Crippen molar-refractivity contribution in [1.82, 2.24) is 14.9 Å². The van der Waals surface area contributed by atoms with E-state index in [4.69, 9.17) is 4.74 Å². The van der Waals surface area contributed by atoms with Crippen LogP contribution in [0.5, 0.6) is 5.75 Å². The Bertz CT molecular complexity index is 606. The summed E-state index contributed by atoms with van der Waals surface area (Å²) in [5, 5.41) is 0. The molecular weight excluding hydrogens is 261 g/mol. The Kier molecular flexibility index (Phi) is 3.28. The van der Waals surface area contributed by atoms with E-state index in [0.29, 0.717) is 18.8 Å². The van der Waals surface area contributed by atoms with E-state index in [-0.39, 0.29) is 18.3 Å². The zero-order chi connectivity index (χ0) is 13.9. The summed E-state index contributed by atoms with van der Waals surface area (Å²) in [7, 11) is 0. The zero-order valence-corrected chi connectivity index (χ0v) is 10.6. The third-order valence-corrected chi connectivity index (χ3v) is 3.11. The number of hydrogen-bond donors (Lipinski definition) is 0. The number of benzene rings is 1. The van der Waals surface area contributed by atoms with E-state index in [1.54, 1.807) is 11.1 Å². The molecule has 0 atom stereocenters. The Labute approximate surface area is 115 Å². The fourth-order valence-electron chi connectivity index (χ4n) is 2.04. The lowest BCUT2D eigenvalue weighted by Crippen LogP contribution is -2.30. The van der Waals surface area contributed by atoms with Gasteiger partial charge >= 0.3 is 0 Å². The fraction of sp³-hybridized carbons (Fsp3) is 0.214. The highest BCUT2D eigenvalue weighted by Crippen LogP contribution is 2.19. The van der Waals surface area contributed by atoms with Crippen LogP contribution in [0.4, 0.5) is 4.39 Å². The summed E-state index contributed by atoms with van der Waals surface area (Å²) in [6.45, 7) is 0.901. The first kappa shape index (κ1) is 12.5. The van der Waals surface area contributed by atoms with Crippen LogP contribution in [0.25, 0.3) is 0 Å². The summed E-state index contributed by atoms with van der Waals surface area (Å²) in [6.07, 6.45) is 3.19. The third-order valence-electron chi connectivity index (χ3n) is 3.11. The minimum Gasteiger partial charge on any atom is -0.484 e. The molecular formula is C14H12FN3O2. The molecule has 0 N–H and O–H groups in total. The average molecular weight is 273 g/mol. The van der Waals surface area contributed by atoms with Gasteiger partial charge in [0.2, 0.25) is 0 Å². The maximum atomic E-state index is 12.7. The molecule has 1 aliphatic rings. The Hall–Kier alpha value is -2.50. The Morgan fingerprint density at radius 3 is 2.85 bits per heavy atom. The number of carbonyl (C=O) groups excluding carboxylic acids is 1. The lowest BCUT2D eigenvalue weighted by molar-refractivity contribution is -0.134. The Morgan fingerprint density at radius 2 is 2.10 bits per heavy atom. The molecule has 2 aromatic rings. The minimum atomic E-state index is -0.336. The van der Waals surface area contributed by atoms with Crippen LogP contribution >= 0.6 is 0 Å². The molecule has 5 nitrogen and oxygen atoms in total. The fourth-order valence-corrected chi connectivity index (χ4v) is 2.04. The normalized spacial score (nSPS) is 13.2. The largest absolute Gasteiger partial charge is 0.484 e. The standard InChI is InChI=1S/C14H12FN3O2/c15-11-1-3-12(4-2-11)20-8-14(19)18-6-10-5-16-9-17-13(10)7-18/h1-5,9H,6-8H2. The van der Waals surface area contributed by atoms with Crippen LogP contribution in [0.15, 0.2) is 36.8 Å². The van der Waals surface area contributed by atoms with E-state index in [1.165, 1.54) is 30.6 Å². The van der Waals surface area contributed by atoms with Gasteiger partial charge < -0.3 is 9.64 Å². The first-order chi connectivity index (χ1) is 9.72. The topological polar surface area (TPSA) is 55.3 Å². The van der Waals surface area contributed by atoms with E-state index in [9.17, 15) is 9.18 Å². The van der Waals surface area contributed by atoms with Crippen LogP contribution in [0.1, 0.15) is 11.3 Å². The second kappa shape index (κ2) is 5.24. The molecule has 0 spiro atoms. The number of hydrogen-bond acceptors (Lipinski definition) is 4. The number of carbonyl (C=O) groups is 1. The highest BCUT2D eigenvalue weighted by Gasteiger charge is 2.24. The number of fused-ring (bicyclic) bond motifs is 1. The molecule has 3 rings (SSSR count). The van der Waals surface area contributed by atoms with Crippen molar-refractivity contribution in [3.8, 4) is 5.75 Å². The van der Waals surface area contributed by atoms with E-state index >= 15 is 0 Å². The van der Waals surface area contributed by atoms with Gasteiger partial charge in [-0.2, -0.15) is 0 Å². The van der Waals surface area contributed by atoms with Crippen molar-refractivity contribution < 1.29 is 13.9 Å². The maximum Gasteiger partial charge on any atom is 0.261 e. The molecule has 0 fully saturated rings. The summed E-state index contributed by atoms with van der Waals surface area (Å²) >= 11 is 0. The van der Waals surface area contributed by atoms with Crippen LogP contribution < -0.4 is 4.74 Å². The lowest BCUT2D eigenvalue weighted by atomic mass is 10.3. The van der Waals surface area contributed by atoms with Gasteiger partial charge in [0.05, 0.1) is 12.2 Å². The molecule has 1 aromatic carbocycles. The highest BCUT2D eigenvalue weighted by molar-refractivity contribution is 5.78. The van der Waals surface area contributed by atoms with E-state index in [1.807, 2.05) is 0 Å². The van der Waals surface area contributed by atoms with Gasteiger partial charge in [0.1, 0.15) is 17.9 Å². The molecule has 1 aliphatic heterocycles. The quantitative estimate of drug-likeness (QED) is 0.851. The summed E-state index contributed by atoms with van der Waals surface area (Å²) in [6, 6.07) is 5.57. The summed E-state index contributed by atoms with van der Waals surface area (Å²) in [4.78, 5) is 21.8. The van der Waals surface area contributed by atoms with Crippen LogP contribution in [-0.2, 0) is 17.9 Å². The summed E-state index contributed by atoms with van der Waals surface area (Å²) < 4.78 is 18.1. The van der Waals surface area contributed by atoms with Crippen LogP contribution in [-0.4, -0.2) is 27.4 Å². The number of aromatic nitrogens is 2. The molecule has 0 saturated carbocycles. The first-order valence-electron chi connectivity index (χ1n) is 6.16. The first-order valence-corrected chi connectivity index (χ1v) is 6.16. The molecule has 6 heteroatoms. The smallest absolute Gasteiger partial charge is 0.261 e. The Balaban J connectivity index is 1.57. The molecule has 20 heavy (non-hydrogen) atoms. The van der Waals surface area contributed by atoms with E-state index < -0.39 is 0 Å². The second-order valence-corrected chi connectivity index (χ2v) is 4.49. The lowest BCUT2D eigenvalue weighted by Gasteiger charge is -2.15. The molecule has 0 radical (unpaired) electrons. The molecule has 102 valence electrons. The van der Waals surface area contributed by atoms with Crippen molar-refractivity contribution in [2.75, 3.05) is 6.61 Å². The molecule has 0 aliphatic carbocycles. The molecule has 0 bridgehead atoms. The van der Waals surface area contributed by atoms with Gasteiger partial charge in [-0.3, -0.25) is 4.79 Å². The molecule has 0 unspecified atom stereocenters. The predicted molar refractivity (Wildman–Crippen MR) is 68.2 cm³/mol. The Morgan fingerprint density at radius 1 is 1.30 bits per heavy atom. The van der Waals surface area contributed by atoms with Gasteiger partial charge in [0.15, 0.2) is 6.61 Å². The van der Waals surface area contributed by atoms with Crippen molar-refractivity contribution in [3.05, 3.63) is 53.9 Å².